The van der Waals surface area contributed by atoms with Crippen molar-refractivity contribution in [1.82, 2.24) is 9.88 Å². The Morgan fingerprint density at radius 2 is 1.94 bits per heavy atom. The summed E-state index contributed by atoms with van der Waals surface area (Å²) >= 11 is 6.25. The number of pyridine rings is 1. The molecule has 4 rings (SSSR count). The molecule has 0 N–H and O–H groups in total. The van der Waals surface area contributed by atoms with E-state index in [1.54, 1.807) is 0 Å². The van der Waals surface area contributed by atoms with Crippen LogP contribution in [0, 0.1) is 10.1 Å². The third-order valence-corrected chi connectivity index (χ3v) is 6.27. The summed E-state index contributed by atoms with van der Waals surface area (Å²) in [5.74, 6) is -0.826. The Balaban J connectivity index is 1.57. The summed E-state index contributed by atoms with van der Waals surface area (Å²) < 4.78 is 10.0. The van der Waals surface area contributed by atoms with Gasteiger partial charge in [-0.3, -0.25) is 15.0 Å². The van der Waals surface area contributed by atoms with Crippen molar-refractivity contribution in [3.05, 3.63) is 74.8 Å². The number of aromatic nitrogens is 1. The predicted molar refractivity (Wildman–Crippen MR) is 129 cm³/mol. The van der Waals surface area contributed by atoms with E-state index in [4.69, 9.17) is 21.3 Å². The molecule has 1 atom stereocenters. The number of nitro groups is 1. The number of aryl methyl sites for hydroxylation is 1. The fraction of sp³-hybridized carbons (Fsp3) is 0.360. The standard InChI is InChI=1S/C25H26ClN3O5/c1-33-25(30)24(29(31)32)9-4-17-2-5-18(6-3-17)22-14-19(16-28-10-12-34-13-11-28)21-8-7-20(26)15-23(21)27-22/h2-3,5-8,14-15,24H,4,9-13,16H2,1H3. The van der Waals surface area contributed by atoms with Gasteiger partial charge in [-0.05, 0) is 35.7 Å². The van der Waals surface area contributed by atoms with Gasteiger partial charge in [-0.1, -0.05) is 41.9 Å². The maximum atomic E-state index is 11.6. The summed E-state index contributed by atoms with van der Waals surface area (Å²) in [5, 5.41) is 12.9. The average Bonchev–Trinajstić information content (AvgIpc) is 2.84. The lowest BCUT2D eigenvalue weighted by Crippen LogP contribution is -2.35. The summed E-state index contributed by atoms with van der Waals surface area (Å²) in [6, 6.07) is 14.2. The SMILES string of the molecule is COC(=O)C(CCc1ccc(-c2cc(CN3CCOCC3)c3ccc(Cl)cc3n2)cc1)[N+](=O)[O-]. The monoisotopic (exact) mass is 483 g/mol. The topological polar surface area (TPSA) is 94.8 Å². The molecule has 1 aliphatic heterocycles. The number of ether oxygens (including phenoxy) is 2. The highest BCUT2D eigenvalue weighted by molar-refractivity contribution is 6.31. The van der Waals surface area contributed by atoms with Crippen molar-refractivity contribution in [1.29, 1.82) is 0 Å². The van der Waals surface area contributed by atoms with Gasteiger partial charge in [0.15, 0.2) is 0 Å². The molecule has 0 bridgehead atoms. The van der Waals surface area contributed by atoms with Crippen molar-refractivity contribution in [3.8, 4) is 11.3 Å². The van der Waals surface area contributed by atoms with E-state index in [0.717, 1.165) is 67.7 Å². The van der Waals surface area contributed by atoms with Crippen molar-refractivity contribution < 1.29 is 19.2 Å². The minimum absolute atomic E-state index is 0.0788. The number of halogens is 1. The number of esters is 1. The van der Waals surface area contributed by atoms with Gasteiger partial charge in [0.2, 0.25) is 0 Å². The van der Waals surface area contributed by atoms with Gasteiger partial charge in [0.25, 0.3) is 0 Å². The van der Waals surface area contributed by atoms with Gasteiger partial charge in [-0.15, -0.1) is 0 Å². The van der Waals surface area contributed by atoms with Crippen molar-refractivity contribution in [2.75, 3.05) is 33.4 Å². The number of benzene rings is 2. The molecule has 0 saturated carbocycles. The Kier molecular flexibility index (Phi) is 7.72. The number of hydrogen-bond donors (Lipinski definition) is 0. The number of carbonyl (C=O) groups excluding carboxylic acids is 1. The van der Waals surface area contributed by atoms with E-state index in [1.165, 1.54) is 5.56 Å². The van der Waals surface area contributed by atoms with E-state index in [-0.39, 0.29) is 6.42 Å². The highest BCUT2D eigenvalue weighted by Gasteiger charge is 2.30. The van der Waals surface area contributed by atoms with E-state index in [1.807, 2.05) is 42.5 Å². The number of nitrogens with zero attached hydrogens (tertiary/aromatic N) is 3. The Hall–Kier alpha value is -3.07. The first-order valence-corrected chi connectivity index (χ1v) is 11.5. The lowest BCUT2D eigenvalue weighted by Gasteiger charge is -2.27. The normalized spacial score (nSPS) is 15.2. The van der Waals surface area contributed by atoms with E-state index in [2.05, 4.69) is 15.7 Å². The summed E-state index contributed by atoms with van der Waals surface area (Å²) in [4.78, 5) is 29.4. The molecule has 2 heterocycles. The first-order valence-electron chi connectivity index (χ1n) is 11.1. The molecule has 8 nitrogen and oxygen atoms in total. The van der Waals surface area contributed by atoms with Crippen LogP contribution in [0.25, 0.3) is 22.2 Å². The molecule has 1 aromatic heterocycles. The van der Waals surface area contributed by atoms with E-state index in [0.29, 0.717) is 11.4 Å². The van der Waals surface area contributed by atoms with Crippen LogP contribution in [0.4, 0.5) is 0 Å². The van der Waals surface area contributed by atoms with Crippen molar-refractivity contribution in [3.63, 3.8) is 0 Å². The third-order valence-electron chi connectivity index (χ3n) is 6.04. The number of hydrogen-bond acceptors (Lipinski definition) is 7. The summed E-state index contributed by atoms with van der Waals surface area (Å²) in [7, 11) is 1.16. The molecule has 1 unspecified atom stereocenters. The smallest absolute Gasteiger partial charge is 0.381 e. The van der Waals surface area contributed by atoms with Crippen molar-refractivity contribution in [2.24, 2.45) is 0 Å². The van der Waals surface area contributed by atoms with Crippen LogP contribution in [0.15, 0.2) is 48.5 Å². The first kappa shape index (κ1) is 24.1. The minimum atomic E-state index is -1.36. The molecule has 2 aromatic carbocycles. The molecular formula is C25H26ClN3O5. The highest BCUT2D eigenvalue weighted by Crippen LogP contribution is 2.28. The van der Waals surface area contributed by atoms with Crippen LogP contribution in [0.2, 0.25) is 5.02 Å². The van der Waals surface area contributed by atoms with Crippen LogP contribution < -0.4 is 0 Å². The van der Waals surface area contributed by atoms with Crippen LogP contribution in [-0.4, -0.2) is 60.2 Å². The molecular weight excluding hydrogens is 458 g/mol. The zero-order chi connectivity index (χ0) is 24.1. The van der Waals surface area contributed by atoms with Gasteiger partial charge >= 0.3 is 12.0 Å². The number of rotatable bonds is 8. The lowest BCUT2D eigenvalue weighted by atomic mass is 10.0. The summed E-state index contributed by atoms with van der Waals surface area (Å²) in [6.45, 7) is 4.04. The number of carbonyl (C=O) groups is 1. The van der Waals surface area contributed by atoms with Gasteiger partial charge in [0.05, 0.1) is 31.5 Å². The molecule has 1 aliphatic rings. The van der Waals surface area contributed by atoms with Gasteiger partial charge in [0.1, 0.15) is 0 Å². The Bertz CT molecular complexity index is 1180. The average molecular weight is 484 g/mol. The fourth-order valence-corrected chi connectivity index (χ4v) is 4.31. The minimum Gasteiger partial charge on any atom is -0.464 e. The molecule has 9 heteroatoms. The number of fused-ring (bicyclic) bond motifs is 1. The molecule has 0 spiro atoms. The van der Waals surface area contributed by atoms with Gasteiger partial charge in [-0.2, -0.15) is 0 Å². The molecule has 1 fully saturated rings. The van der Waals surface area contributed by atoms with E-state index < -0.39 is 16.9 Å². The second-order valence-electron chi connectivity index (χ2n) is 8.28. The van der Waals surface area contributed by atoms with E-state index >= 15 is 0 Å². The van der Waals surface area contributed by atoms with Crippen LogP contribution in [0.1, 0.15) is 17.5 Å². The van der Waals surface area contributed by atoms with Crippen LogP contribution in [0.5, 0.6) is 0 Å². The Labute approximate surface area is 202 Å². The van der Waals surface area contributed by atoms with Gasteiger partial charge in [0, 0.05) is 47.0 Å². The fourth-order valence-electron chi connectivity index (χ4n) is 4.14. The molecule has 178 valence electrons. The van der Waals surface area contributed by atoms with Gasteiger partial charge < -0.3 is 9.47 Å². The second-order valence-corrected chi connectivity index (χ2v) is 8.71. The van der Waals surface area contributed by atoms with Crippen LogP contribution in [0.3, 0.4) is 0 Å². The van der Waals surface area contributed by atoms with Gasteiger partial charge in [-0.25, -0.2) is 9.78 Å². The van der Waals surface area contributed by atoms with Crippen molar-refractivity contribution in [2.45, 2.75) is 25.4 Å². The molecule has 3 aromatic rings. The molecule has 0 aliphatic carbocycles. The largest absolute Gasteiger partial charge is 0.464 e. The predicted octanol–water partition coefficient (Wildman–Crippen LogP) is 4.14. The maximum Gasteiger partial charge on any atom is 0.381 e. The number of morpholine rings is 1. The summed E-state index contributed by atoms with van der Waals surface area (Å²) in [6.07, 6.45) is 0.472. The lowest BCUT2D eigenvalue weighted by molar-refractivity contribution is -0.511. The molecule has 1 saturated heterocycles. The quantitative estimate of drug-likeness (QED) is 0.270. The van der Waals surface area contributed by atoms with Crippen molar-refractivity contribution >= 4 is 28.5 Å². The zero-order valence-electron chi connectivity index (χ0n) is 18.9. The molecule has 0 radical (unpaired) electrons. The third kappa shape index (κ3) is 5.70. The second kappa shape index (κ2) is 10.9. The number of methoxy groups -OCH3 is 1. The van der Waals surface area contributed by atoms with E-state index in [9.17, 15) is 14.9 Å². The zero-order valence-corrected chi connectivity index (χ0v) is 19.7. The highest BCUT2D eigenvalue weighted by atomic mass is 35.5. The summed E-state index contributed by atoms with van der Waals surface area (Å²) in [5.41, 5.74) is 4.69. The Morgan fingerprint density at radius 3 is 2.62 bits per heavy atom. The molecule has 0 amide bonds. The van der Waals surface area contributed by atoms with Crippen LogP contribution >= 0.6 is 11.6 Å². The maximum absolute atomic E-state index is 11.6. The van der Waals surface area contributed by atoms with Crippen LogP contribution in [-0.2, 0) is 27.2 Å². The molecule has 34 heavy (non-hydrogen) atoms. The Morgan fingerprint density at radius 1 is 1.21 bits per heavy atom. The first-order chi connectivity index (χ1) is 16.4.